The van der Waals surface area contributed by atoms with E-state index in [0.29, 0.717) is 29.9 Å². The zero-order valence-electron chi connectivity index (χ0n) is 16.6. The number of pyridine rings is 1. The molecule has 0 fully saturated rings. The Labute approximate surface area is 169 Å². The number of hydrogen-bond acceptors (Lipinski definition) is 4. The standard InChI is InChI=1S/C22H23N5O2/c1-3-12-26(13-4-2)22(29)19-18-7-5-6-14-27(18)20(25-19)21(28)24-17-10-8-16(15-23)9-11-17/h5-11,14H,3-4,12-13H2,1-2H3,(H,24,28). The van der Waals surface area contributed by atoms with Crippen molar-refractivity contribution < 1.29 is 9.59 Å². The molecule has 1 N–H and O–H groups in total. The number of imidazole rings is 1. The fourth-order valence-electron chi connectivity index (χ4n) is 3.17. The topological polar surface area (TPSA) is 90.5 Å². The summed E-state index contributed by atoms with van der Waals surface area (Å²) in [4.78, 5) is 32.1. The third kappa shape index (κ3) is 4.27. The number of carbonyl (C=O) groups is 2. The van der Waals surface area contributed by atoms with Gasteiger partial charge in [0.1, 0.15) is 0 Å². The SMILES string of the molecule is CCCN(CCC)C(=O)c1nc(C(=O)Nc2ccc(C#N)cc2)n2ccccc12. The molecule has 29 heavy (non-hydrogen) atoms. The quantitative estimate of drug-likeness (QED) is 0.667. The van der Waals surface area contributed by atoms with Crippen molar-refractivity contribution in [2.45, 2.75) is 26.7 Å². The monoisotopic (exact) mass is 389 g/mol. The summed E-state index contributed by atoms with van der Waals surface area (Å²) >= 11 is 0. The van der Waals surface area contributed by atoms with Gasteiger partial charge in [-0.1, -0.05) is 19.9 Å². The molecule has 0 aliphatic heterocycles. The van der Waals surface area contributed by atoms with Crippen LogP contribution in [0.3, 0.4) is 0 Å². The van der Waals surface area contributed by atoms with Crippen LogP contribution in [-0.2, 0) is 0 Å². The summed E-state index contributed by atoms with van der Waals surface area (Å²) in [7, 11) is 0. The highest BCUT2D eigenvalue weighted by Gasteiger charge is 2.24. The molecule has 0 saturated carbocycles. The number of carbonyl (C=O) groups excluding carboxylic acids is 2. The second kappa shape index (κ2) is 9.02. The minimum Gasteiger partial charge on any atom is -0.337 e. The van der Waals surface area contributed by atoms with Gasteiger partial charge in [0, 0.05) is 25.0 Å². The van der Waals surface area contributed by atoms with Gasteiger partial charge in [-0.3, -0.25) is 14.0 Å². The molecule has 0 spiro atoms. The molecule has 7 heteroatoms. The van der Waals surface area contributed by atoms with Crippen molar-refractivity contribution in [2.24, 2.45) is 0 Å². The molecule has 0 radical (unpaired) electrons. The van der Waals surface area contributed by atoms with Gasteiger partial charge in [-0.25, -0.2) is 4.98 Å². The van der Waals surface area contributed by atoms with Crippen molar-refractivity contribution in [1.82, 2.24) is 14.3 Å². The van der Waals surface area contributed by atoms with E-state index < -0.39 is 5.91 Å². The van der Waals surface area contributed by atoms with E-state index in [0.717, 1.165) is 12.8 Å². The van der Waals surface area contributed by atoms with Crippen LogP contribution in [0.5, 0.6) is 0 Å². The van der Waals surface area contributed by atoms with E-state index in [4.69, 9.17) is 5.26 Å². The first-order chi connectivity index (χ1) is 14.1. The highest BCUT2D eigenvalue weighted by Crippen LogP contribution is 2.18. The molecule has 0 bridgehead atoms. The molecule has 1 aromatic carbocycles. The van der Waals surface area contributed by atoms with Crippen molar-refractivity contribution in [2.75, 3.05) is 18.4 Å². The summed E-state index contributed by atoms with van der Waals surface area (Å²) in [5.74, 6) is -0.455. The maximum atomic E-state index is 13.1. The molecule has 7 nitrogen and oxygen atoms in total. The predicted molar refractivity (Wildman–Crippen MR) is 111 cm³/mol. The average molecular weight is 389 g/mol. The van der Waals surface area contributed by atoms with E-state index in [9.17, 15) is 9.59 Å². The number of rotatable bonds is 7. The van der Waals surface area contributed by atoms with Gasteiger partial charge in [-0.05, 0) is 49.2 Å². The molecule has 0 saturated heterocycles. The van der Waals surface area contributed by atoms with Gasteiger partial charge >= 0.3 is 0 Å². The number of aromatic nitrogens is 2. The Hall–Kier alpha value is -3.66. The molecule has 2 aromatic heterocycles. The lowest BCUT2D eigenvalue weighted by atomic mass is 10.2. The fraction of sp³-hybridized carbons (Fsp3) is 0.273. The van der Waals surface area contributed by atoms with Gasteiger partial charge in [0.15, 0.2) is 5.69 Å². The minimum absolute atomic E-state index is 0.140. The summed E-state index contributed by atoms with van der Waals surface area (Å²) in [6, 6.07) is 14.0. The Morgan fingerprint density at radius 3 is 2.41 bits per heavy atom. The van der Waals surface area contributed by atoms with Gasteiger partial charge in [-0.2, -0.15) is 5.26 Å². The lowest BCUT2D eigenvalue weighted by Gasteiger charge is -2.20. The number of benzene rings is 1. The number of nitrogens with one attached hydrogen (secondary N) is 1. The van der Waals surface area contributed by atoms with Crippen LogP contribution in [0.25, 0.3) is 5.52 Å². The molecular formula is C22H23N5O2. The van der Waals surface area contributed by atoms with Gasteiger partial charge in [0.25, 0.3) is 11.8 Å². The normalized spacial score (nSPS) is 10.5. The zero-order chi connectivity index (χ0) is 20.8. The molecule has 3 rings (SSSR count). The van der Waals surface area contributed by atoms with Crippen molar-refractivity contribution in [3.63, 3.8) is 0 Å². The minimum atomic E-state index is -0.424. The van der Waals surface area contributed by atoms with Crippen LogP contribution in [0.15, 0.2) is 48.7 Å². The van der Waals surface area contributed by atoms with Crippen LogP contribution >= 0.6 is 0 Å². The Kier molecular flexibility index (Phi) is 6.25. The lowest BCUT2D eigenvalue weighted by Crippen LogP contribution is -2.33. The summed E-state index contributed by atoms with van der Waals surface area (Å²) in [5.41, 5.74) is 1.93. The van der Waals surface area contributed by atoms with E-state index in [-0.39, 0.29) is 17.4 Å². The van der Waals surface area contributed by atoms with Gasteiger partial charge in [-0.15, -0.1) is 0 Å². The van der Waals surface area contributed by atoms with E-state index in [2.05, 4.69) is 10.3 Å². The number of fused-ring (bicyclic) bond motifs is 1. The maximum absolute atomic E-state index is 13.1. The molecular weight excluding hydrogens is 366 g/mol. The van der Waals surface area contributed by atoms with Crippen molar-refractivity contribution in [3.8, 4) is 6.07 Å². The summed E-state index contributed by atoms with van der Waals surface area (Å²) in [6.07, 6.45) is 3.42. The lowest BCUT2D eigenvalue weighted by molar-refractivity contribution is 0.0752. The molecule has 0 atom stereocenters. The summed E-state index contributed by atoms with van der Waals surface area (Å²) < 4.78 is 1.63. The Balaban J connectivity index is 1.95. The first-order valence-corrected chi connectivity index (χ1v) is 9.66. The number of nitriles is 1. The van der Waals surface area contributed by atoms with Crippen molar-refractivity contribution in [1.29, 1.82) is 5.26 Å². The van der Waals surface area contributed by atoms with Crippen LogP contribution in [0.2, 0.25) is 0 Å². The summed E-state index contributed by atoms with van der Waals surface area (Å²) in [5, 5.41) is 11.7. The predicted octanol–water partition coefficient (Wildman–Crippen LogP) is 3.72. The highest BCUT2D eigenvalue weighted by atomic mass is 16.2. The first kappa shape index (κ1) is 20.1. The molecule has 0 aliphatic rings. The second-order valence-corrected chi connectivity index (χ2v) is 6.68. The molecule has 2 heterocycles. The third-order valence-corrected chi connectivity index (χ3v) is 4.50. The van der Waals surface area contributed by atoms with Crippen LogP contribution in [0.4, 0.5) is 5.69 Å². The van der Waals surface area contributed by atoms with Gasteiger partial charge in [0.2, 0.25) is 5.82 Å². The molecule has 3 aromatic rings. The van der Waals surface area contributed by atoms with Crippen LogP contribution in [0.1, 0.15) is 53.4 Å². The van der Waals surface area contributed by atoms with Gasteiger partial charge < -0.3 is 10.2 Å². The Bertz CT molecular complexity index is 1060. The first-order valence-electron chi connectivity index (χ1n) is 9.66. The highest BCUT2D eigenvalue weighted by molar-refractivity contribution is 6.06. The molecule has 148 valence electrons. The van der Waals surface area contributed by atoms with Gasteiger partial charge in [0.05, 0.1) is 17.1 Å². The van der Waals surface area contributed by atoms with Crippen molar-refractivity contribution >= 4 is 23.0 Å². The second-order valence-electron chi connectivity index (χ2n) is 6.68. The largest absolute Gasteiger partial charge is 0.337 e. The van der Waals surface area contributed by atoms with E-state index in [1.54, 1.807) is 51.9 Å². The smallest absolute Gasteiger partial charge is 0.292 e. The zero-order valence-corrected chi connectivity index (χ0v) is 16.6. The molecule has 0 unspecified atom stereocenters. The van der Waals surface area contributed by atoms with Crippen LogP contribution in [-0.4, -0.2) is 39.2 Å². The Morgan fingerprint density at radius 2 is 1.79 bits per heavy atom. The van der Waals surface area contributed by atoms with Crippen LogP contribution < -0.4 is 5.32 Å². The van der Waals surface area contributed by atoms with E-state index in [1.807, 2.05) is 26.0 Å². The fourth-order valence-corrected chi connectivity index (χ4v) is 3.17. The number of anilines is 1. The van der Waals surface area contributed by atoms with E-state index in [1.165, 1.54) is 0 Å². The third-order valence-electron chi connectivity index (χ3n) is 4.50. The Morgan fingerprint density at radius 1 is 1.10 bits per heavy atom. The maximum Gasteiger partial charge on any atom is 0.292 e. The van der Waals surface area contributed by atoms with Crippen molar-refractivity contribution in [3.05, 3.63) is 65.7 Å². The van der Waals surface area contributed by atoms with E-state index >= 15 is 0 Å². The summed E-state index contributed by atoms with van der Waals surface area (Å²) in [6.45, 7) is 5.34. The van der Waals surface area contributed by atoms with Crippen LogP contribution in [0, 0.1) is 11.3 Å². The molecule has 0 aliphatic carbocycles. The molecule has 2 amide bonds. The number of amides is 2. The number of hydrogen-bond donors (Lipinski definition) is 1. The number of nitrogens with zero attached hydrogens (tertiary/aromatic N) is 4. The average Bonchev–Trinajstić information content (AvgIpc) is 3.13.